The lowest BCUT2D eigenvalue weighted by atomic mass is 10.1. The van der Waals surface area contributed by atoms with E-state index in [1.807, 2.05) is 20.0 Å². The molecule has 1 aliphatic carbocycles. The minimum Gasteiger partial charge on any atom is -0.296 e. The SMILES string of the molecule is CCCCCc1nnc(NC(=O)c2cc(C3CC3)nc3c2c(C)nn3C)s1. The van der Waals surface area contributed by atoms with Crippen molar-refractivity contribution in [1.82, 2.24) is 25.0 Å². The first-order valence-corrected chi connectivity index (χ1v) is 10.4. The van der Waals surface area contributed by atoms with Gasteiger partial charge in [-0.3, -0.25) is 14.8 Å². The van der Waals surface area contributed by atoms with E-state index in [0.29, 0.717) is 16.6 Å². The van der Waals surface area contributed by atoms with E-state index in [1.165, 1.54) is 24.2 Å². The fraction of sp³-hybridized carbons (Fsp3) is 0.526. The predicted octanol–water partition coefficient (Wildman–Crippen LogP) is 3.99. The van der Waals surface area contributed by atoms with Crippen molar-refractivity contribution in [3.05, 3.63) is 28.0 Å². The number of nitrogens with one attached hydrogen (secondary N) is 1. The predicted molar refractivity (Wildman–Crippen MR) is 106 cm³/mol. The maximum Gasteiger partial charge on any atom is 0.258 e. The molecular formula is C19H24N6OS. The lowest BCUT2D eigenvalue weighted by Crippen LogP contribution is -2.13. The third-order valence-corrected chi connectivity index (χ3v) is 5.81. The molecule has 3 aromatic heterocycles. The lowest BCUT2D eigenvalue weighted by Gasteiger charge is -2.07. The molecule has 27 heavy (non-hydrogen) atoms. The Kier molecular flexibility index (Phi) is 4.90. The molecule has 7 nitrogen and oxygen atoms in total. The van der Waals surface area contributed by atoms with Gasteiger partial charge in [0.05, 0.1) is 16.6 Å². The minimum atomic E-state index is -0.170. The molecule has 0 aromatic carbocycles. The number of rotatable bonds is 7. The highest BCUT2D eigenvalue weighted by Crippen LogP contribution is 2.40. The second-order valence-electron chi connectivity index (χ2n) is 7.19. The number of unbranched alkanes of at least 4 members (excludes halogenated alkanes) is 2. The number of aryl methyl sites for hydroxylation is 3. The number of hydrogen-bond acceptors (Lipinski definition) is 6. The summed E-state index contributed by atoms with van der Waals surface area (Å²) in [5.41, 5.74) is 3.17. The van der Waals surface area contributed by atoms with Crippen LogP contribution in [0.4, 0.5) is 5.13 Å². The highest BCUT2D eigenvalue weighted by molar-refractivity contribution is 7.15. The van der Waals surface area contributed by atoms with Crippen molar-refractivity contribution in [3.63, 3.8) is 0 Å². The molecule has 1 fully saturated rings. The summed E-state index contributed by atoms with van der Waals surface area (Å²) in [4.78, 5) is 17.8. The molecule has 3 heterocycles. The Morgan fingerprint density at radius 1 is 1.33 bits per heavy atom. The number of carbonyl (C=O) groups is 1. The number of pyridine rings is 1. The number of aromatic nitrogens is 5. The van der Waals surface area contributed by atoms with Crippen LogP contribution in [-0.2, 0) is 13.5 Å². The molecule has 0 spiro atoms. The normalized spacial score (nSPS) is 14.0. The Morgan fingerprint density at radius 2 is 2.15 bits per heavy atom. The molecule has 0 unspecified atom stereocenters. The highest BCUT2D eigenvalue weighted by atomic mass is 32.1. The summed E-state index contributed by atoms with van der Waals surface area (Å²) >= 11 is 1.45. The molecule has 0 atom stereocenters. The van der Waals surface area contributed by atoms with Crippen molar-refractivity contribution in [2.45, 2.75) is 58.3 Å². The Balaban J connectivity index is 1.60. The van der Waals surface area contributed by atoms with Crippen molar-refractivity contribution in [2.24, 2.45) is 7.05 Å². The molecule has 142 valence electrons. The largest absolute Gasteiger partial charge is 0.296 e. The topological polar surface area (TPSA) is 85.6 Å². The van der Waals surface area contributed by atoms with Gasteiger partial charge in [-0.05, 0) is 32.3 Å². The van der Waals surface area contributed by atoms with E-state index in [-0.39, 0.29) is 5.91 Å². The summed E-state index contributed by atoms with van der Waals surface area (Å²) in [5, 5.41) is 18.0. The van der Waals surface area contributed by atoms with Gasteiger partial charge in [0.2, 0.25) is 5.13 Å². The maximum absolute atomic E-state index is 13.0. The number of nitrogens with zero attached hydrogens (tertiary/aromatic N) is 5. The van der Waals surface area contributed by atoms with Crippen LogP contribution >= 0.6 is 11.3 Å². The van der Waals surface area contributed by atoms with Gasteiger partial charge in [0.25, 0.3) is 5.91 Å². The quantitative estimate of drug-likeness (QED) is 0.623. The van der Waals surface area contributed by atoms with E-state index in [2.05, 4.69) is 27.5 Å². The van der Waals surface area contributed by atoms with Crippen LogP contribution < -0.4 is 5.32 Å². The van der Waals surface area contributed by atoms with Crippen LogP contribution in [0.2, 0.25) is 0 Å². The summed E-state index contributed by atoms with van der Waals surface area (Å²) in [6.07, 6.45) is 6.63. The van der Waals surface area contributed by atoms with Gasteiger partial charge < -0.3 is 0 Å². The Labute approximate surface area is 162 Å². The average molecular weight is 385 g/mol. The van der Waals surface area contributed by atoms with Gasteiger partial charge in [0.1, 0.15) is 5.01 Å². The number of carbonyl (C=O) groups excluding carboxylic acids is 1. The van der Waals surface area contributed by atoms with Crippen LogP contribution in [0.25, 0.3) is 11.0 Å². The second kappa shape index (κ2) is 7.34. The Hall–Kier alpha value is -2.35. The number of hydrogen-bond donors (Lipinski definition) is 1. The highest BCUT2D eigenvalue weighted by Gasteiger charge is 2.28. The summed E-state index contributed by atoms with van der Waals surface area (Å²) in [7, 11) is 1.87. The zero-order chi connectivity index (χ0) is 19.0. The second-order valence-corrected chi connectivity index (χ2v) is 8.25. The third-order valence-electron chi connectivity index (χ3n) is 4.91. The van der Waals surface area contributed by atoms with Gasteiger partial charge in [-0.25, -0.2) is 4.98 Å². The van der Waals surface area contributed by atoms with Gasteiger partial charge in [-0.15, -0.1) is 10.2 Å². The van der Waals surface area contributed by atoms with Gasteiger partial charge >= 0.3 is 0 Å². The molecule has 3 aromatic rings. The summed E-state index contributed by atoms with van der Waals surface area (Å²) in [5.74, 6) is 0.291. The van der Waals surface area contributed by atoms with Crippen molar-refractivity contribution >= 4 is 33.4 Å². The van der Waals surface area contributed by atoms with Crippen LogP contribution in [0.5, 0.6) is 0 Å². The molecule has 1 saturated carbocycles. The van der Waals surface area contributed by atoms with E-state index in [4.69, 9.17) is 4.98 Å². The van der Waals surface area contributed by atoms with Crippen molar-refractivity contribution in [3.8, 4) is 0 Å². The first-order chi connectivity index (χ1) is 13.1. The first-order valence-electron chi connectivity index (χ1n) is 9.54. The van der Waals surface area contributed by atoms with E-state index >= 15 is 0 Å². The van der Waals surface area contributed by atoms with Crippen LogP contribution in [0.1, 0.15) is 71.7 Å². The zero-order valence-corrected chi connectivity index (χ0v) is 16.8. The Bertz CT molecular complexity index is 988. The fourth-order valence-corrected chi connectivity index (χ4v) is 4.10. The standard InChI is InChI=1S/C19H24N6OS/c1-4-5-6-7-15-22-23-19(27-15)21-18(26)13-10-14(12-8-9-12)20-17-16(13)11(2)24-25(17)3/h10,12H,4-9H2,1-3H3,(H,21,23,26). The maximum atomic E-state index is 13.0. The third kappa shape index (κ3) is 3.71. The lowest BCUT2D eigenvalue weighted by molar-refractivity contribution is 0.102. The summed E-state index contributed by atoms with van der Waals surface area (Å²) in [6, 6.07) is 1.92. The minimum absolute atomic E-state index is 0.170. The van der Waals surface area contributed by atoms with E-state index < -0.39 is 0 Å². The molecule has 0 radical (unpaired) electrons. The average Bonchev–Trinajstić information content (AvgIpc) is 3.35. The molecule has 8 heteroatoms. The van der Waals surface area contributed by atoms with Crippen molar-refractivity contribution < 1.29 is 4.79 Å². The van der Waals surface area contributed by atoms with E-state index in [9.17, 15) is 4.79 Å². The van der Waals surface area contributed by atoms with E-state index in [1.54, 1.807) is 4.68 Å². The monoisotopic (exact) mass is 384 g/mol. The summed E-state index contributed by atoms with van der Waals surface area (Å²) < 4.78 is 1.75. The molecule has 1 amide bonds. The van der Waals surface area contributed by atoms with Crippen molar-refractivity contribution in [1.29, 1.82) is 0 Å². The van der Waals surface area contributed by atoms with Crippen LogP contribution in [0, 0.1) is 6.92 Å². The summed E-state index contributed by atoms with van der Waals surface area (Å²) in [6.45, 7) is 4.09. The molecule has 0 bridgehead atoms. The van der Waals surface area contributed by atoms with Gasteiger partial charge in [0, 0.05) is 25.1 Å². The smallest absolute Gasteiger partial charge is 0.258 e. The molecule has 1 aliphatic rings. The van der Waals surface area contributed by atoms with E-state index in [0.717, 1.165) is 53.1 Å². The number of anilines is 1. The van der Waals surface area contributed by atoms with Crippen LogP contribution in [0.3, 0.4) is 0 Å². The van der Waals surface area contributed by atoms with Crippen molar-refractivity contribution in [2.75, 3.05) is 5.32 Å². The molecule has 0 saturated heterocycles. The van der Waals surface area contributed by atoms with Gasteiger partial charge in [0.15, 0.2) is 5.65 Å². The zero-order valence-electron chi connectivity index (χ0n) is 15.9. The first kappa shape index (κ1) is 18.0. The van der Waals surface area contributed by atoms with Crippen LogP contribution in [0.15, 0.2) is 6.07 Å². The van der Waals surface area contributed by atoms with Gasteiger partial charge in [-0.1, -0.05) is 31.1 Å². The van der Waals surface area contributed by atoms with Gasteiger partial charge in [-0.2, -0.15) is 5.10 Å². The Morgan fingerprint density at radius 3 is 2.89 bits per heavy atom. The molecule has 4 rings (SSSR count). The molecule has 1 N–H and O–H groups in total. The molecule has 0 aliphatic heterocycles. The number of amides is 1. The van der Waals surface area contributed by atoms with Crippen LogP contribution in [-0.4, -0.2) is 30.9 Å². The fourth-order valence-electron chi connectivity index (χ4n) is 3.33. The molecular weight excluding hydrogens is 360 g/mol. The number of fused-ring (bicyclic) bond motifs is 1.